The molecule has 0 atom stereocenters. The Labute approximate surface area is 97.5 Å². The highest BCUT2D eigenvalue weighted by atomic mass is 32.2. The Balaban J connectivity index is 2.54. The van der Waals surface area contributed by atoms with Crippen LogP contribution < -0.4 is 5.56 Å². The molecule has 2 rings (SSSR count). The molecular formula is C11H13N3OS. The van der Waals surface area contributed by atoms with Crippen LogP contribution in [0.2, 0.25) is 0 Å². The van der Waals surface area contributed by atoms with Gasteiger partial charge in [-0.25, -0.2) is 9.97 Å². The van der Waals surface area contributed by atoms with Gasteiger partial charge in [-0.05, 0) is 12.1 Å². The third-order valence-corrected chi connectivity index (χ3v) is 2.86. The van der Waals surface area contributed by atoms with Crippen molar-refractivity contribution in [2.45, 2.75) is 30.7 Å². The van der Waals surface area contributed by atoms with E-state index in [0.717, 1.165) is 0 Å². The molecule has 2 heterocycles. The second-order valence-corrected chi connectivity index (χ2v) is 6.28. The summed E-state index contributed by atoms with van der Waals surface area (Å²) >= 11 is 1.52. The Morgan fingerprint density at radius 3 is 2.81 bits per heavy atom. The zero-order chi connectivity index (χ0) is 11.8. The highest BCUT2D eigenvalue weighted by Gasteiger charge is 2.15. The van der Waals surface area contributed by atoms with Gasteiger partial charge in [-0.1, -0.05) is 32.5 Å². The number of fused-ring (bicyclic) bond motifs is 1. The first kappa shape index (κ1) is 11.1. The second kappa shape index (κ2) is 3.90. The van der Waals surface area contributed by atoms with Crippen molar-refractivity contribution in [1.82, 2.24) is 15.0 Å². The number of nitrogens with zero attached hydrogens (tertiary/aromatic N) is 2. The van der Waals surface area contributed by atoms with E-state index in [4.69, 9.17) is 0 Å². The largest absolute Gasteiger partial charge is 0.301 e. The topological polar surface area (TPSA) is 58.6 Å². The molecule has 0 bridgehead atoms. The Morgan fingerprint density at radius 1 is 1.38 bits per heavy atom. The average Bonchev–Trinajstić information content (AvgIpc) is 2.15. The molecule has 0 amide bonds. The van der Waals surface area contributed by atoms with Gasteiger partial charge in [-0.2, -0.15) is 0 Å². The number of hydrogen-bond acceptors (Lipinski definition) is 4. The standard InChI is InChI=1S/C11H13N3OS/c1-11(2,3)16-10-13-8-7(9(15)14-10)5-4-6-12-8/h4-6H,1-3H3,(H,12,13,14,15). The molecule has 0 aliphatic carbocycles. The normalized spacial score (nSPS) is 11.9. The van der Waals surface area contributed by atoms with Crippen LogP contribution in [0.25, 0.3) is 11.0 Å². The third-order valence-electron chi connectivity index (χ3n) is 1.86. The van der Waals surface area contributed by atoms with Crippen LogP contribution in [0.1, 0.15) is 20.8 Å². The molecule has 2 aromatic rings. The minimum atomic E-state index is -0.134. The van der Waals surface area contributed by atoms with E-state index in [1.807, 2.05) is 0 Å². The van der Waals surface area contributed by atoms with Gasteiger partial charge in [0.1, 0.15) is 0 Å². The van der Waals surface area contributed by atoms with E-state index >= 15 is 0 Å². The van der Waals surface area contributed by atoms with Crippen molar-refractivity contribution in [3.63, 3.8) is 0 Å². The first-order valence-corrected chi connectivity index (χ1v) is 5.81. The Hall–Kier alpha value is -1.36. The molecule has 0 saturated heterocycles. The molecule has 0 unspecified atom stereocenters. The quantitative estimate of drug-likeness (QED) is 0.608. The minimum absolute atomic E-state index is 0.0123. The fourth-order valence-electron chi connectivity index (χ4n) is 1.29. The lowest BCUT2D eigenvalue weighted by Gasteiger charge is -2.15. The van der Waals surface area contributed by atoms with E-state index in [9.17, 15) is 4.79 Å². The summed E-state index contributed by atoms with van der Waals surface area (Å²) in [6.07, 6.45) is 1.64. The fourth-order valence-corrected chi connectivity index (χ4v) is 2.15. The molecule has 0 saturated carbocycles. The summed E-state index contributed by atoms with van der Waals surface area (Å²) in [4.78, 5) is 22.9. The van der Waals surface area contributed by atoms with Crippen molar-refractivity contribution in [2.75, 3.05) is 0 Å². The molecule has 0 aliphatic rings. The molecule has 84 valence electrons. The number of thioether (sulfide) groups is 1. The number of aromatic nitrogens is 3. The van der Waals surface area contributed by atoms with Crippen LogP contribution in [0.15, 0.2) is 28.3 Å². The van der Waals surface area contributed by atoms with Crippen LogP contribution in [0.3, 0.4) is 0 Å². The lowest BCUT2D eigenvalue weighted by Crippen LogP contribution is -2.14. The van der Waals surface area contributed by atoms with Crippen LogP contribution in [0.5, 0.6) is 0 Å². The third kappa shape index (κ3) is 2.41. The molecule has 1 N–H and O–H groups in total. The van der Waals surface area contributed by atoms with Crippen molar-refractivity contribution < 1.29 is 0 Å². The summed E-state index contributed by atoms with van der Waals surface area (Å²) in [5, 5.41) is 1.14. The van der Waals surface area contributed by atoms with Crippen LogP contribution in [0.4, 0.5) is 0 Å². The van der Waals surface area contributed by atoms with Gasteiger partial charge in [0.2, 0.25) is 0 Å². The lowest BCUT2D eigenvalue weighted by atomic mass is 10.3. The molecule has 2 aromatic heterocycles. The summed E-state index contributed by atoms with van der Waals surface area (Å²) in [5.41, 5.74) is 0.364. The van der Waals surface area contributed by atoms with Crippen molar-refractivity contribution in [3.05, 3.63) is 28.7 Å². The van der Waals surface area contributed by atoms with Gasteiger partial charge in [-0.3, -0.25) is 4.79 Å². The van der Waals surface area contributed by atoms with Gasteiger partial charge in [-0.15, -0.1) is 0 Å². The zero-order valence-electron chi connectivity index (χ0n) is 9.44. The predicted octanol–water partition coefficient (Wildman–Crippen LogP) is 2.21. The zero-order valence-corrected chi connectivity index (χ0v) is 10.3. The SMILES string of the molecule is CC(C)(C)Sc1nc2ncccc2c(=O)[nH]1. The number of rotatable bonds is 1. The minimum Gasteiger partial charge on any atom is -0.301 e. The Kier molecular flexibility index (Phi) is 2.71. The summed E-state index contributed by atoms with van der Waals surface area (Å²) in [6, 6.07) is 3.45. The maximum Gasteiger partial charge on any atom is 0.261 e. The van der Waals surface area contributed by atoms with E-state index in [-0.39, 0.29) is 10.3 Å². The molecule has 5 heteroatoms. The van der Waals surface area contributed by atoms with E-state index in [1.54, 1.807) is 18.3 Å². The summed E-state index contributed by atoms with van der Waals surface area (Å²) in [6.45, 7) is 6.21. The number of H-pyrrole nitrogens is 1. The van der Waals surface area contributed by atoms with Gasteiger partial charge < -0.3 is 4.98 Å². The molecule has 0 aromatic carbocycles. The van der Waals surface area contributed by atoms with Crippen LogP contribution >= 0.6 is 11.8 Å². The highest BCUT2D eigenvalue weighted by molar-refractivity contribution is 8.00. The monoisotopic (exact) mass is 235 g/mol. The molecule has 0 spiro atoms. The smallest absolute Gasteiger partial charge is 0.261 e. The van der Waals surface area contributed by atoms with Gasteiger partial charge in [0.25, 0.3) is 5.56 Å². The van der Waals surface area contributed by atoms with Crippen LogP contribution in [-0.2, 0) is 0 Å². The van der Waals surface area contributed by atoms with E-state index in [1.165, 1.54) is 11.8 Å². The molecule has 4 nitrogen and oxygen atoms in total. The Bertz CT molecular complexity index is 571. The number of aromatic amines is 1. The van der Waals surface area contributed by atoms with Gasteiger partial charge in [0, 0.05) is 10.9 Å². The maximum atomic E-state index is 11.7. The summed E-state index contributed by atoms with van der Waals surface area (Å²) in [5.74, 6) is 0. The molecule has 0 radical (unpaired) electrons. The summed E-state index contributed by atoms with van der Waals surface area (Å²) in [7, 11) is 0. The van der Waals surface area contributed by atoms with Crippen molar-refractivity contribution in [2.24, 2.45) is 0 Å². The van der Waals surface area contributed by atoms with E-state index < -0.39 is 0 Å². The molecule has 0 aliphatic heterocycles. The van der Waals surface area contributed by atoms with Crippen LogP contribution in [0, 0.1) is 0 Å². The van der Waals surface area contributed by atoms with E-state index in [2.05, 4.69) is 35.7 Å². The van der Waals surface area contributed by atoms with Gasteiger partial charge in [0.15, 0.2) is 10.8 Å². The van der Waals surface area contributed by atoms with Crippen molar-refractivity contribution >= 4 is 22.8 Å². The van der Waals surface area contributed by atoms with Crippen molar-refractivity contribution in [3.8, 4) is 0 Å². The van der Waals surface area contributed by atoms with Gasteiger partial charge >= 0.3 is 0 Å². The maximum absolute atomic E-state index is 11.7. The number of hydrogen-bond donors (Lipinski definition) is 1. The molecule has 16 heavy (non-hydrogen) atoms. The Morgan fingerprint density at radius 2 is 2.12 bits per heavy atom. The van der Waals surface area contributed by atoms with Crippen LogP contribution in [-0.4, -0.2) is 19.7 Å². The number of nitrogens with one attached hydrogen (secondary N) is 1. The highest BCUT2D eigenvalue weighted by Crippen LogP contribution is 2.28. The predicted molar refractivity (Wildman–Crippen MR) is 65.8 cm³/mol. The molecular weight excluding hydrogens is 222 g/mol. The summed E-state index contributed by atoms with van der Waals surface area (Å²) < 4.78 is 0.0123. The first-order chi connectivity index (χ1) is 7.46. The molecule has 0 fully saturated rings. The first-order valence-electron chi connectivity index (χ1n) is 5.00. The van der Waals surface area contributed by atoms with Gasteiger partial charge in [0.05, 0.1) is 5.39 Å². The van der Waals surface area contributed by atoms with E-state index in [0.29, 0.717) is 16.2 Å². The average molecular weight is 235 g/mol. The fraction of sp³-hybridized carbons (Fsp3) is 0.364. The number of pyridine rings is 1. The lowest BCUT2D eigenvalue weighted by molar-refractivity contribution is 0.791. The second-order valence-electron chi connectivity index (χ2n) is 4.46. The van der Waals surface area contributed by atoms with Crippen molar-refractivity contribution in [1.29, 1.82) is 0 Å².